The minimum absolute atomic E-state index is 0.105. The number of rotatable bonds is 9. The van der Waals surface area contributed by atoms with Crippen molar-refractivity contribution in [3.05, 3.63) is 76.3 Å². The number of nitrogens with zero attached hydrogens (tertiary/aromatic N) is 1. The van der Waals surface area contributed by atoms with Gasteiger partial charge in [-0.1, -0.05) is 54.1 Å². The molecule has 146 valence electrons. The van der Waals surface area contributed by atoms with Crippen molar-refractivity contribution in [1.82, 2.24) is 5.32 Å². The highest BCUT2D eigenvalue weighted by Gasteiger charge is 2.19. The van der Waals surface area contributed by atoms with Crippen molar-refractivity contribution in [1.29, 1.82) is 5.26 Å². The fourth-order valence-electron chi connectivity index (χ4n) is 2.52. The topological polar surface area (TPSA) is 87.0 Å². The van der Waals surface area contributed by atoms with Crippen molar-refractivity contribution >= 4 is 33.4 Å². The molecule has 0 aromatic heterocycles. The van der Waals surface area contributed by atoms with Crippen LogP contribution in [0.4, 0.5) is 0 Å². The van der Waals surface area contributed by atoms with Crippen LogP contribution >= 0.6 is 11.6 Å². The second-order valence-electron chi connectivity index (χ2n) is 6.21. The van der Waals surface area contributed by atoms with E-state index in [9.17, 15) is 13.2 Å². The minimum Gasteiger partial charge on any atom is -0.352 e. The summed E-state index contributed by atoms with van der Waals surface area (Å²) in [5.41, 5.74) is 1.88. The Balaban J connectivity index is 2.13. The Hall–Kier alpha value is -2.62. The summed E-state index contributed by atoms with van der Waals surface area (Å²) in [6.45, 7) is 0.388. The van der Waals surface area contributed by atoms with Gasteiger partial charge in [0, 0.05) is 23.6 Å². The third-order valence-electron chi connectivity index (χ3n) is 3.94. The third-order valence-corrected chi connectivity index (χ3v) is 5.77. The Bertz CT molecular complexity index is 963. The van der Waals surface area contributed by atoms with Gasteiger partial charge in [-0.3, -0.25) is 4.79 Å². The van der Waals surface area contributed by atoms with Crippen molar-refractivity contribution in [2.45, 2.75) is 12.8 Å². The molecule has 0 unspecified atom stereocenters. The van der Waals surface area contributed by atoms with Crippen LogP contribution in [0.3, 0.4) is 0 Å². The average molecular weight is 417 g/mol. The molecule has 0 aliphatic rings. The number of nitrogens with one attached hydrogen (secondary N) is 1. The highest BCUT2D eigenvalue weighted by molar-refractivity contribution is 7.91. The minimum atomic E-state index is -3.57. The van der Waals surface area contributed by atoms with E-state index in [-0.39, 0.29) is 17.7 Å². The second-order valence-corrected chi connectivity index (χ2v) is 8.83. The molecule has 0 atom stereocenters. The number of halogens is 1. The lowest BCUT2D eigenvalue weighted by molar-refractivity contribution is -0.117. The lowest BCUT2D eigenvalue weighted by Crippen LogP contribution is -2.30. The molecule has 1 amide bonds. The Morgan fingerprint density at radius 2 is 1.79 bits per heavy atom. The number of carbonyl (C=O) groups is 1. The summed E-state index contributed by atoms with van der Waals surface area (Å²) in [7, 11) is -3.57. The largest absolute Gasteiger partial charge is 0.352 e. The van der Waals surface area contributed by atoms with Crippen LogP contribution in [0, 0.1) is 11.3 Å². The molecule has 0 aliphatic heterocycles. The van der Waals surface area contributed by atoms with E-state index >= 15 is 0 Å². The number of hydrogen-bond acceptors (Lipinski definition) is 4. The maximum Gasteiger partial charge on any atom is 0.248 e. The zero-order chi connectivity index (χ0) is 20.4. The van der Waals surface area contributed by atoms with Crippen molar-refractivity contribution in [3.63, 3.8) is 0 Å². The molecule has 28 heavy (non-hydrogen) atoms. The Morgan fingerprint density at radius 3 is 2.43 bits per heavy atom. The molecule has 2 aromatic rings. The molecule has 0 spiro atoms. The van der Waals surface area contributed by atoms with Gasteiger partial charge in [-0.25, -0.2) is 8.42 Å². The summed E-state index contributed by atoms with van der Waals surface area (Å²) in [6.07, 6.45) is 2.08. The summed E-state index contributed by atoms with van der Waals surface area (Å²) in [6, 6.07) is 18.3. The molecule has 0 radical (unpaired) electrons. The zero-order valence-electron chi connectivity index (χ0n) is 15.3. The summed E-state index contributed by atoms with van der Waals surface area (Å²) < 4.78 is 24.5. The van der Waals surface area contributed by atoms with Crippen molar-refractivity contribution in [2.75, 3.05) is 18.1 Å². The Kier molecular flexibility index (Phi) is 8.24. The first-order valence-electron chi connectivity index (χ1n) is 8.75. The van der Waals surface area contributed by atoms with Crippen LogP contribution in [0.1, 0.15) is 17.5 Å². The number of hydrogen-bond donors (Lipinski definition) is 1. The Morgan fingerprint density at radius 1 is 1.11 bits per heavy atom. The lowest BCUT2D eigenvalue weighted by atomic mass is 10.1. The van der Waals surface area contributed by atoms with Gasteiger partial charge in [0.15, 0.2) is 9.84 Å². The number of amides is 1. The van der Waals surface area contributed by atoms with Crippen LogP contribution in [0.2, 0.25) is 5.02 Å². The quantitative estimate of drug-likeness (QED) is 0.634. The number of sulfone groups is 1. The van der Waals surface area contributed by atoms with E-state index in [1.54, 1.807) is 24.3 Å². The summed E-state index contributed by atoms with van der Waals surface area (Å²) in [5.74, 6) is -1.14. The van der Waals surface area contributed by atoms with E-state index in [0.717, 1.165) is 5.56 Å². The highest BCUT2D eigenvalue weighted by Crippen LogP contribution is 2.14. The molecule has 2 rings (SSSR count). The van der Waals surface area contributed by atoms with Gasteiger partial charge in [0.05, 0.1) is 17.6 Å². The molecular weight excluding hydrogens is 396 g/mol. The van der Waals surface area contributed by atoms with Gasteiger partial charge in [-0.05, 0) is 35.8 Å². The fourth-order valence-corrected chi connectivity index (χ4v) is 3.88. The first-order chi connectivity index (χ1) is 13.4. The van der Waals surface area contributed by atoms with Gasteiger partial charge in [0.25, 0.3) is 0 Å². The van der Waals surface area contributed by atoms with Crippen molar-refractivity contribution in [3.8, 4) is 6.07 Å². The molecule has 0 saturated heterocycles. The van der Waals surface area contributed by atoms with Gasteiger partial charge >= 0.3 is 0 Å². The van der Waals surface area contributed by atoms with Crippen molar-refractivity contribution in [2.24, 2.45) is 0 Å². The second kappa shape index (κ2) is 10.6. The number of nitriles is 1. The maximum atomic E-state index is 12.6. The number of carbonyl (C=O) groups excluding carboxylic acids is 1. The maximum absolute atomic E-state index is 12.6. The molecule has 5 nitrogen and oxygen atoms in total. The molecule has 0 fully saturated rings. The van der Waals surface area contributed by atoms with Crippen LogP contribution in [0.15, 0.2) is 60.2 Å². The summed E-state index contributed by atoms with van der Waals surface area (Å²) >= 11 is 5.87. The smallest absolute Gasteiger partial charge is 0.248 e. The fraction of sp³-hybridized carbons (Fsp3) is 0.238. The standard InChI is InChI=1S/C21H21ClN2O3S/c22-20-9-7-18(8-10-20)15-19(16-28(26,27)14-4-12-23)21(25)24-13-11-17-5-2-1-3-6-17/h1-3,5-10,15H,4,11,13-14,16H2,(H,24,25)/b19-15+. The van der Waals surface area contributed by atoms with Gasteiger partial charge in [-0.2, -0.15) is 5.26 Å². The van der Waals surface area contributed by atoms with E-state index in [1.807, 2.05) is 36.4 Å². The monoisotopic (exact) mass is 416 g/mol. The SMILES string of the molecule is N#CCCS(=O)(=O)C/C(=C\c1ccc(Cl)cc1)C(=O)NCCc1ccccc1. The summed E-state index contributed by atoms with van der Waals surface area (Å²) in [5, 5.41) is 12.0. The first-order valence-corrected chi connectivity index (χ1v) is 11.0. The first kappa shape index (κ1) is 21.7. The Labute approximate surface area is 170 Å². The summed E-state index contributed by atoms with van der Waals surface area (Å²) in [4.78, 5) is 12.6. The molecule has 0 saturated carbocycles. The average Bonchev–Trinajstić information content (AvgIpc) is 2.68. The van der Waals surface area contributed by atoms with Gasteiger partial charge < -0.3 is 5.32 Å². The van der Waals surface area contributed by atoms with E-state index in [4.69, 9.17) is 16.9 Å². The van der Waals surface area contributed by atoms with E-state index in [0.29, 0.717) is 23.6 Å². The molecule has 0 aliphatic carbocycles. The third kappa shape index (κ3) is 7.55. The van der Waals surface area contributed by atoms with E-state index in [2.05, 4.69) is 5.32 Å². The van der Waals surface area contributed by atoms with Gasteiger partial charge in [-0.15, -0.1) is 0 Å². The normalized spacial score (nSPS) is 11.6. The van der Waals surface area contributed by atoms with Gasteiger partial charge in [0.1, 0.15) is 0 Å². The van der Waals surface area contributed by atoms with Crippen LogP contribution in [-0.4, -0.2) is 32.4 Å². The number of benzene rings is 2. The zero-order valence-corrected chi connectivity index (χ0v) is 16.8. The molecule has 0 heterocycles. The lowest BCUT2D eigenvalue weighted by Gasteiger charge is -2.10. The molecule has 0 bridgehead atoms. The predicted molar refractivity (Wildman–Crippen MR) is 111 cm³/mol. The van der Waals surface area contributed by atoms with Gasteiger partial charge in [0.2, 0.25) is 5.91 Å². The van der Waals surface area contributed by atoms with E-state index < -0.39 is 21.5 Å². The molecule has 2 aromatic carbocycles. The van der Waals surface area contributed by atoms with Crippen molar-refractivity contribution < 1.29 is 13.2 Å². The van der Waals surface area contributed by atoms with Crippen LogP contribution < -0.4 is 5.32 Å². The molecular formula is C21H21ClN2O3S. The molecule has 7 heteroatoms. The van der Waals surface area contributed by atoms with E-state index in [1.165, 1.54) is 6.08 Å². The predicted octanol–water partition coefficient (Wildman–Crippen LogP) is 3.41. The van der Waals surface area contributed by atoms with Crippen LogP contribution in [-0.2, 0) is 21.1 Å². The van der Waals surface area contributed by atoms with Crippen LogP contribution in [0.25, 0.3) is 6.08 Å². The molecule has 1 N–H and O–H groups in total. The van der Waals surface area contributed by atoms with Crippen LogP contribution in [0.5, 0.6) is 0 Å². The highest BCUT2D eigenvalue weighted by atomic mass is 35.5.